The van der Waals surface area contributed by atoms with Crippen LogP contribution in [-0.4, -0.2) is 38.5 Å². The first-order valence-corrected chi connectivity index (χ1v) is 10.8. The SMILES string of the molecule is O=C(NCc1ccc(F)cc1F)c1cn2c(c(O)c1=O)C(=O)N1C[C@@H]3CCCC[C@]1(C3)C2. The number of hydrogen-bond donors (Lipinski definition) is 2. The van der Waals surface area contributed by atoms with Crippen LogP contribution in [-0.2, 0) is 13.1 Å². The minimum atomic E-state index is -0.947. The maximum absolute atomic E-state index is 13.9. The number of carbonyl (C=O) groups excluding carboxylic acids is 2. The van der Waals surface area contributed by atoms with Gasteiger partial charge in [-0.1, -0.05) is 18.9 Å². The molecule has 5 rings (SSSR count). The number of aromatic hydroxyl groups is 1. The highest BCUT2D eigenvalue weighted by atomic mass is 19.1. The summed E-state index contributed by atoms with van der Waals surface area (Å²) in [6, 6.07) is 2.99. The first kappa shape index (κ1) is 20.7. The van der Waals surface area contributed by atoms with Gasteiger partial charge in [-0.15, -0.1) is 0 Å². The smallest absolute Gasteiger partial charge is 0.275 e. The zero-order chi connectivity index (χ0) is 22.6. The Morgan fingerprint density at radius 3 is 2.84 bits per heavy atom. The summed E-state index contributed by atoms with van der Waals surface area (Å²) < 4.78 is 28.5. The number of amides is 2. The van der Waals surface area contributed by atoms with Gasteiger partial charge >= 0.3 is 0 Å². The van der Waals surface area contributed by atoms with E-state index >= 15 is 0 Å². The molecule has 0 radical (unpaired) electrons. The van der Waals surface area contributed by atoms with E-state index in [9.17, 15) is 28.3 Å². The van der Waals surface area contributed by atoms with Gasteiger partial charge in [-0.25, -0.2) is 8.78 Å². The van der Waals surface area contributed by atoms with E-state index in [1.54, 1.807) is 0 Å². The minimum absolute atomic E-state index is 0.0576. The molecule has 2 bridgehead atoms. The van der Waals surface area contributed by atoms with Crippen LogP contribution in [0.25, 0.3) is 0 Å². The third kappa shape index (κ3) is 3.18. The molecule has 32 heavy (non-hydrogen) atoms. The number of carbonyl (C=O) groups is 2. The van der Waals surface area contributed by atoms with Gasteiger partial charge < -0.3 is 19.9 Å². The molecule has 1 aliphatic carbocycles. The molecule has 168 valence electrons. The number of rotatable bonds is 3. The second kappa shape index (κ2) is 7.43. The molecule has 2 N–H and O–H groups in total. The van der Waals surface area contributed by atoms with E-state index in [1.165, 1.54) is 16.8 Å². The first-order chi connectivity index (χ1) is 15.3. The normalized spacial score (nSPS) is 24.0. The van der Waals surface area contributed by atoms with Gasteiger partial charge in [0.25, 0.3) is 11.8 Å². The third-order valence-electron chi connectivity index (χ3n) is 7.05. The maximum atomic E-state index is 13.9. The quantitative estimate of drug-likeness (QED) is 0.763. The fourth-order valence-corrected chi connectivity index (χ4v) is 5.55. The molecule has 9 heteroatoms. The van der Waals surface area contributed by atoms with Gasteiger partial charge in [0.2, 0.25) is 5.43 Å². The summed E-state index contributed by atoms with van der Waals surface area (Å²) in [5, 5.41) is 13.0. The molecule has 3 aliphatic rings. The summed E-state index contributed by atoms with van der Waals surface area (Å²) in [6.45, 7) is 0.772. The highest BCUT2D eigenvalue weighted by molar-refractivity contribution is 5.99. The van der Waals surface area contributed by atoms with Crippen LogP contribution in [0.2, 0.25) is 0 Å². The highest BCUT2D eigenvalue weighted by Crippen LogP contribution is 2.46. The first-order valence-electron chi connectivity index (χ1n) is 10.8. The van der Waals surface area contributed by atoms with Crippen molar-refractivity contribution in [3.63, 3.8) is 0 Å². The molecule has 1 aromatic heterocycles. The Kier molecular flexibility index (Phi) is 4.79. The van der Waals surface area contributed by atoms with Gasteiger partial charge in [-0.2, -0.15) is 0 Å². The number of fused-ring (bicyclic) bond motifs is 2. The lowest BCUT2D eigenvalue weighted by molar-refractivity contribution is 0.0413. The molecule has 2 aliphatic heterocycles. The topological polar surface area (TPSA) is 91.6 Å². The average molecular weight is 443 g/mol. The van der Waals surface area contributed by atoms with Crippen LogP contribution in [0.4, 0.5) is 8.78 Å². The van der Waals surface area contributed by atoms with E-state index < -0.39 is 28.7 Å². The number of pyridine rings is 1. The number of benzene rings is 1. The summed E-state index contributed by atoms with van der Waals surface area (Å²) in [6.07, 6.45) is 6.20. The van der Waals surface area contributed by atoms with Gasteiger partial charge in [0, 0.05) is 37.5 Å². The highest BCUT2D eigenvalue weighted by Gasteiger charge is 2.52. The summed E-state index contributed by atoms with van der Waals surface area (Å²) in [7, 11) is 0. The Morgan fingerprint density at radius 2 is 2.06 bits per heavy atom. The molecule has 0 unspecified atom stereocenters. The van der Waals surface area contributed by atoms with Crippen molar-refractivity contribution < 1.29 is 23.5 Å². The van der Waals surface area contributed by atoms with Crippen molar-refractivity contribution >= 4 is 11.8 Å². The van der Waals surface area contributed by atoms with E-state index in [0.717, 1.165) is 38.2 Å². The van der Waals surface area contributed by atoms with Crippen molar-refractivity contribution in [1.82, 2.24) is 14.8 Å². The Balaban J connectivity index is 1.46. The minimum Gasteiger partial charge on any atom is -0.503 e. The lowest BCUT2D eigenvalue weighted by atomic mass is 9.87. The van der Waals surface area contributed by atoms with Crippen molar-refractivity contribution in [3.05, 3.63) is 63.1 Å². The fourth-order valence-electron chi connectivity index (χ4n) is 5.55. The largest absolute Gasteiger partial charge is 0.503 e. The third-order valence-corrected chi connectivity index (χ3v) is 7.05. The van der Waals surface area contributed by atoms with Crippen LogP contribution in [0.15, 0.2) is 29.2 Å². The lowest BCUT2D eigenvalue weighted by Gasteiger charge is -2.44. The Morgan fingerprint density at radius 1 is 1.25 bits per heavy atom. The van der Waals surface area contributed by atoms with E-state index in [-0.39, 0.29) is 34.8 Å². The lowest BCUT2D eigenvalue weighted by Crippen LogP contribution is -2.55. The summed E-state index contributed by atoms with van der Waals surface area (Å²) in [5.41, 5.74) is -1.67. The van der Waals surface area contributed by atoms with Crippen molar-refractivity contribution in [2.45, 2.75) is 50.7 Å². The monoisotopic (exact) mass is 443 g/mol. The van der Waals surface area contributed by atoms with Crippen LogP contribution in [0.3, 0.4) is 0 Å². The molecule has 1 aromatic carbocycles. The van der Waals surface area contributed by atoms with E-state index in [1.807, 2.05) is 4.90 Å². The standard InChI is InChI=1S/C23H23F2N3O4/c24-15-5-4-14(17(25)7-15)9-26-21(31)16-11-27-12-23-6-2-1-3-13(8-23)10-28(23)22(32)18(27)20(30)19(16)29/h4-5,7,11,13,30H,1-3,6,8-10,12H2,(H,26,31)/t13-,23+/m1/s1. The van der Waals surface area contributed by atoms with Crippen LogP contribution >= 0.6 is 0 Å². The van der Waals surface area contributed by atoms with Crippen LogP contribution < -0.4 is 10.7 Å². The van der Waals surface area contributed by atoms with Crippen molar-refractivity contribution in [3.8, 4) is 5.75 Å². The molecular formula is C23H23F2N3O4. The zero-order valence-corrected chi connectivity index (χ0v) is 17.4. The Hall–Kier alpha value is -3.23. The Bertz CT molecular complexity index is 1190. The van der Waals surface area contributed by atoms with Crippen molar-refractivity contribution in [1.29, 1.82) is 0 Å². The van der Waals surface area contributed by atoms with Crippen LogP contribution in [0.1, 0.15) is 58.5 Å². The van der Waals surface area contributed by atoms with Crippen molar-refractivity contribution in [2.75, 3.05) is 6.54 Å². The van der Waals surface area contributed by atoms with Gasteiger partial charge in [0.1, 0.15) is 17.2 Å². The molecule has 2 aromatic rings. The van der Waals surface area contributed by atoms with Crippen LogP contribution in [0.5, 0.6) is 5.75 Å². The molecule has 2 fully saturated rings. The predicted molar refractivity (Wildman–Crippen MR) is 110 cm³/mol. The second-order valence-electron chi connectivity index (χ2n) is 9.07. The molecule has 2 amide bonds. The van der Waals surface area contributed by atoms with E-state index in [4.69, 9.17) is 0 Å². The van der Waals surface area contributed by atoms with Crippen LogP contribution in [0, 0.1) is 17.6 Å². The summed E-state index contributed by atoms with van der Waals surface area (Å²) in [4.78, 5) is 40.4. The van der Waals surface area contributed by atoms with Gasteiger partial charge in [-0.05, 0) is 31.2 Å². The summed E-state index contributed by atoms with van der Waals surface area (Å²) in [5.74, 6) is -3.08. The van der Waals surface area contributed by atoms with E-state index in [0.29, 0.717) is 25.1 Å². The molecule has 7 nitrogen and oxygen atoms in total. The number of halogens is 2. The zero-order valence-electron chi connectivity index (χ0n) is 17.4. The van der Waals surface area contributed by atoms with E-state index in [2.05, 4.69) is 5.32 Å². The number of hydrogen-bond acceptors (Lipinski definition) is 4. The van der Waals surface area contributed by atoms with Crippen molar-refractivity contribution in [2.24, 2.45) is 5.92 Å². The number of nitrogens with zero attached hydrogens (tertiary/aromatic N) is 2. The maximum Gasteiger partial charge on any atom is 0.275 e. The van der Waals surface area contributed by atoms with Gasteiger partial charge in [0.15, 0.2) is 11.4 Å². The second-order valence-corrected chi connectivity index (χ2v) is 9.07. The average Bonchev–Trinajstić information content (AvgIpc) is 2.98. The Labute approximate surface area is 182 Å². The molecule has 1 saturated heterocycles. The van der Waals surface area contributed by atoms with Gasteiger partial charge in [0.05, 0.1) is 5.54 Å². The fraction of sp³-hybridized carbons (Fsp3) is 0.435. The molecule has 2 atom stereocenters. The molecule has 1 saturated carbocycles. The molecule has 3 heterocycles. The number of nitrogens with one attached hydrogen (secondary N) is 1. The molecular weight excluding hydrogens is 420 g/mol. The predicted octanol–water partition coefficient (Wildman–Crippen LogP) is 2.55. The molecule has 1 spiro atoms. The summed E-state index contributed by atoms with van der Waals surface area (Å²) >= 11 is 0. The van der Waals surface area contributed by atoms with Gasteiger partial charge in [-0.3, -0.25) is 14.4 Å². The number of aromatic nitrogens is 1.